The van der Waals surface area contributed by atoms with Gasteiger partial charge in [0.05, 0.1) is 12.1 Å². The zero-order chi connectivity index (χ0) is 16.3. The minimum atomic E-state index is -0.205. The lowest BCUT2D eigenvalue weighted by Gasteiger charge is -2.49. The molecule has 1 saturated heterocycles. The van der Waals surface area contributed by atoms with Gasteiger partial charge < -0.3 is 15.1 Å². The standard InChI is InChI=1S/C16H26N4OS/c1-12(2)20-14(21)9-19(11-16(20,3)4)15(17-5)18-8-13-6-7-22-10-13/h6-7,10,12H,8-9,11H2,1-5H3,(H,17,18). The Labute approximate surface area is 137 Å². The number of nitrogens with zero attached hydrogens (tertiary/aromatic N) is 3. The van der Waals surface area contributed by atoms with Crippen LogP contribution in [-0.4, -0.2) is 53.4 Å². The highest BCUT2D eigenvalue weighted by atomic mass is 32.1. The average Bonchev–Trinajstić information content (AvgIpc) is 2.90. The Morgan fingerprint density at radius 1 is 1.50 bits per heavy atom. The molecule has 0 unspecified atom stereocenters. The van der Waals surface area contributed by atoms with Crippen LogP contribution in [0.15, 0.2) is 21.8 Å². The predicted molar refractivity (Wildman–Crippen MR) is 92.2 cm³/mol. The van der Waals surface area contributed by atoms with E-state index in [4.69, 9.17) is 0 Å². The van der Waals surface area contributed by atoms with Crippen LogP contribution >= 0.6 is 11.3 Å². The Morgan fingerprint density at radius 2 is 2.23 bits per heavy atom. The van der Waals surface area contributed by atoms with Gasteiger partial charge in [-0.1, -0.05) is 0 Å². The topological polar surface area (TPSA) is 47.9 Å². The first-order valence-corrected chi connectivity index (χ1v) is 8.58. The molecule has 0 bridgehead atoms. The molecule has 1 N–H and O–H groups in total. The minimum absolute atomic E-state index is 0.157. The van der Waals surface area contributed by atoms with Crippen LogP contribution in [0.4, 0.5) is 0 Å². The van der Waals surface area contributed by atoms with Gasteiger partial charge in [0.25, 0.3) is 0 Å². The molecule has 1 aromatic rings. The molecule has 2 rings (SSSR count). The van der Waals surface area contributed by atoms with Gasteiger partial charge in [-0.25, -0.2) is 0 Å². The maximum atomic E-state index is 12.5. The highest BCUT2D eigenvalue weighted by Gasteiger charge is 2.40. The zero-order valence-corrected chi connectivity index (χ0v) is 14.9. The summed E-state index contributed by atoms with van der Waals surface area (Å²) in [5.74, 6) is 0.945. The molecule has 1 aliphatic rings. The summed E-state index contributed by atoms with van der Waals surface area (Å²) in [5, 5.41) is 7.54. The van der Waals surface area contributed by atoms with Gasteiger partial charge in [-0.15, -0.1) is 0 Å². The molecule has 122 valence electrons. The third-order valence-corrected chi connectivity index (χ3v) is 4.62. The molecule has 5 nitrogen and oxygen atoms in total. The van der Waals surface area contributed by atoms with Gasteiger partial charge in [-0.3, -0.25) is 9.79 Å². The maximum absolute atomic E-state index is 12.5. The van der Waals surface area contributed by atoms with Crippen LogP contribution in [0.5, 0.6) is 0 Å². The van der Waals surface area contributed by atoms with E-state index in [1.54, 1.807) is 18.4 Å². The second-order valence-electron chi connectivity index (χ2n) is 6.56. The van der Waals surface area contributed by atoms with Gasteiger partial charge in [0, 0.05) is 26.2 Å². The molecule has 0 saturated carbocycles. The first kappa shape index (κ1) is 16.8. The van der Waals surface area contributed by atoms with E-state index < -0.39 is 0 Å². The van der Waals surface area contributed by atoms with Crippen LogP contribution in [0.2, 0.25) is 0 Å². The lowest BCUT2D eigenvalue weighted by atomic mass is 9.96. The van der Waals surface area contributed by atoms with E-state index in [1.165, 1.54) is 5.56 Å². The normalized spacial score (nSPS) is 19.0. The van der Waals surface area contributed by atoms with Crippen molar-refractivity contribution >= 4 is 23.2 Å². The van der Waals surface area contributed by atoms with Crippen molar-refractivity contribution in [3.63, 3.8) is 0 Å². The van der Waals surface area contributed by atoms with Crippen molar-refractivity contribution in [3.8, 4) is 0 Å². The number of guanidine groups is 1. The Bertz CT molecular complexity index is 536. The SMILES string of the molecule is CN=C(NCc1ccsc1)N1CC(=O)N(C(C)C)C(C)(C)C1. The van der Waals surface area contributed by atoms with Gasteiger partial charge >= 0.3 is 0 Å². The number of nitrogens with one attached hydrogen (secondary N) is 1. The number of amides is 1. The van der Waals surface area contributed by atoms with E-state index in [9.17, 15) is 4.79 Å². The highest BCUT2D eigenvalue weighted by Crippen LogP contribution is 2.24. The van der Waals surface area contributed by atoms with E-state index in [0.717, 1.165) is 19.0 Å². The van der Waals surface area contributed by atoms with Crippen LogP contribution in [0.1, 0.15) is 33.3 Å². The van der Waals surface area contributed by atoms with Crippen molar-refractivity contribution in [2.24, 2.45) is 4.99 Å². The first-order chi connectivity index (χ1) is 10.3. The van der Waals surface area contributed by atoms with Crippen LogP contribution in [0.25, 0.3) is 0 Å². The number of aliphatic imine (C=N–C) groups is 1. The van der Waals surface area contributed by atoms with E-state index in [2.05, 4.69) is 54.8 Å². The molecular formula is C16H26N4OS. The summed E-state index contributed by atoms with van der Waals surface area (Å²) in [5.41, 5.74) is 1.03. The van der Waals surface area contributed by atoms with Crippen LogP contribution < -0.4 is 5.32 Å². The van der Waals surface area contributed by atoms with Crippen LogP contribution in [0.3, 0.4) is 0 Å². The summed E-state index contributed by atoms with van der Waals surface area (Å²) in [6, 6.07) is 2.31. The number of carbonyl (C=O) groups excluding carboxylic acids is 1. The van der Waals surface area contributed by atoms with Gasteiger partial charge in [0.2, 0.25) is 5.91 Å². The lowest BCUT2D eigenvalue weighted by molar-refractivity contribution is -0.145. The number of carbonyl (C=O) groups is 1. The molecule has 2 heterocycles. The molecule has 1 aromatic heterocycles. The summed E-state index contributed by atoms with van der Waals surface area (Å²) in [4.78, 5) is 20.9. The summed E-state index contributed by atoms with van der Waals surface area (Å²) >= 11 is 1.68. The van der Waals surface area contributed by atoms with Crippen LogP contribution in [0, 0.1) is 0 Å². The third kappa shape index (κ3) is 3.61. The number of thiophene rings is 1. The zero-order valence-electron chi connectivity index (χ0n) is 14.1. The Morgan fingerprint density at radius 3 is 2.73 bits per heavy atom. The predicted octanol–water partition coefficient (Wildman–Crippen LogP) is 2.15. The van der Waals surface area contributed by atoms with E-state index in [1.807, 2.05) is 9.80 Å². The molecule has 1 aliphatic heterocycles. The molecule has 22 heavy (non-hydrogen) atoms. The molecule has 0 aliphatic carbocycles. The van der Waals surface area contributed by atoms with Crippen molar-refractivity contribution in [2.75, 3.05) is 20.1 Å². The second-order valence-corrected chi connectivity index (χ2v) is 7.34. The van der Waals surface area contributed by atoms with E-state index in [0.29, 0.717) is 6.54 Å². The monoisotopic (exact) mass is 322 g/mol. The summed E-state index contributed by atoms with van der Waals surface area (Å²) in [7, 11) is 1.77. The molecular weight excluding hydrogens is 296 g/mol. The highest BCUT2D eigenvalue weighted by molar-refractivity contribution is 7.07. The average molecular weight is 322 g/mol. The maximum Gasteiger partial charge on any atom is 0.242 e. The number of hydrogen-bond donors (Lipinski definition) is 1. The third-order valence-electron chi connectivity index (χ3n) is 3.88. The summed E-state index contributed by atoms with van der Waals surface area (Å²) < 4.78 is 0. The van der Waals surface area contributed by atoms with Crippen molar-refractivity contribution in [1.82, 2.24) is 15.1 Å². The summed E-state index contributed by atoms with van der Waals surface area (Å²) in [6.45, 7) is 10.3. The van der Waals surface area contributed by atoms with Gasteiger partial charge in [-0.05, 0) is 50.1 Å². The van der Waals surface area contributed by atoms with Crippen molar-refractivity contribution < 1.29 is 4.79 Å². The van der Waals surface area contributed by atoms with E-state index in [-0.39, 0.29) is 17.5 Å². The number of rotatable bonds is 3. The summed E-state index contributed by atoms with van der Waals surface area (Å²) in [6.07, 6.45) is 0. The molecule has 1 fully saturated rings. The number of hydrogen-bond acceptors (Lipinski definition) is 3. The van der Waals surface area contributed by atoms with Gasteiger partial charge in [-0.2, -0.15) is 11.3 Å². The van der Waals surface area contributed by atoms with Crippen molar-refractivity contribution in [3.05, 3.63) is 22.4 Å². The quantitative estimate of drug-likeness (QED) is 0.685. The molecule has 6 heteroatoms. The fraction of sp³-hybridized carbons (Fsp3) is 0.625. The Kier molecular flexibility index (Phi) is 5.11. The molecule has 0 radical (unpaired) electrons. The lowest BCUT2D eigenvalue weighted by Crippen LogP contribution is -2.66. The number of piperazine rings is 1. The Balaban J connectivity index is 2.06. The van der Waals surface area contributed by atoms with Crippen LogP contribution in [-0.2, 0) is 11.3 Å². The largest absolute Gasteiger partial charge is 0.352 e. The minimum Gasteiger partial charge on any atom is -0.352 e. The molecule has 0 aromatic carbocycles. The van der Waals surface area contributed by atoms with Crippen molar-refractivity contribution in [1.29, 1.82) is 0 Å². The Hall–Kier alpha value is -1.56. The van der Waals surface area contributed by atoms with Gasteiger partial charge in [0.15, 0.2) is 5.96 Å². The first-order valence-electron chi connectivity index (χ1n) is 7.64. The van der Waals surface area contributed by atoms with E-state index >= 15 is 0 Å². The fourth-order valence-electron chi connectivity index (χ4n) is 3.22. The molecule has 0 spiro atoms. The fourth-order valence-corrected chi connectivity index (χ4v) is 3.89. The molecule has 1 amide bonds. The van der Waals surface area contributed by atoms with Gasteiger partial charge in [0.1, 0.15) is 0 Å². The molecule has 0 atom stereocenters. The smallest absolute Gasteiger partial charge is 0.242 e. The second kappa shape index (κ2) is 6.69. The van der Waals surface area contributed by atoms with Crippen molar-refractivity contribution in [2.45, 2.75) is 45.8 Å².